The summed E-state index contributed by atoms with van der Waals surface area (Å²) in [7, 11) is 2.11. The van der Waals surface area contributed by atoms with Gasteiger partial charge in [0.2, 0.25) is 0 Å². The van der Waals surface area contributed by atoms with Crippen LogP contribution in [0.4, 0.5) is 0 Å². The van der Waals surface area contributed by atoms with E-state index in [2.05, 4.69) is 22.1 Å². The molecule has 1 saturated heterocycles. The molecule has 1 fully saturated rings. The molecule has 0 atom stereocenters. The van der Waals surface area contributed by atoms with Gasteiger partial charge in [0.1, 0.15) is 11.9 Å². The average molecular weight is 278 g/mol. The van der Waals surface area contributed by atoms with Crippen molar-refractivity contribution in [1.82, 2.24) is 9.88 Å². The molecule has 6 heteroatoms. The average Bonchev–Trinajstić information content (AvgIpc) is 2.40. The Morgan fingerprint density at radius 1 is 1.45 bits per heavy atom. The van der Waals surface area contributed by atoms with Crippen LogP contribution in [0.25, 0.3) is 0 Å². The molecule has 0 radical (unpaired) electrons. The van der Waals surface area contributed by atoms with Crippen molar-refractivity contribution < 1.29 is 9.94 Å². The number of hydrogen-bond donors (Lipinski definition) is 2. The number of hydrogen-bond acceptors (Lipinski definition) is 5. The fourth-order valence-corrected chi connectivity index (χ4v) is 2.53. The molecule has 0 aliphatic carbocycles. The van der Waals surface area contributed by atoms with Gasteiger partial charge in [-0.05, 0) is 33.7 Å². The van der Waals surface area contributed by atoms with Crippen molar-refractivity contribution in [3.63, 3.8) is 0 Å². The van der Waals surface area contributed by atoms with Crippen molar-refractivity contribution in [2.75, 3.05) is 20.1 Å². The summed E-state index contributed by atoms with van der Waals surface area (Å²) in [6, 6.07) is 1.85. The highest BCUT2D eigenvalue weighted by Crippen LogP contribution is 2.25. The second-order valence-corrected chi connectivity index (χ2v) is 5.33. The molecule has 3 N–H and O–H groups in total. The Labute approximate surface area is 119 Å². The van der Waals surface area contributed by atoms with Crippen LogP contribution in [0.5, 0.6) is 5.75 Å². The molecule has 0 bridgehead atoms. The molecule has 20 heavy (non-hydrogen) atoms. The number of ether oxygens (including phenoxy) is 1. The number of nitrogens with two attached hydrogens (primary N) is 1. The van der Waals surface area contributed by atoms with Crippen LogP contribution in [0.1, 0.15) is 29.8 Å². The third-order valence-corrected chi connectivity index (χ3v) is 3.62. The number of piperidine rings is 1. The molecule has 0 spiro atoms. The molecule has 0 saturated carbocycles. The molecule has 2 rings (SSSR count). The predicted octanol–water partition coefficient (Wildman–Crippen LogP) is 1.27. The number of aromatic nitrogens is 1. The molecule has 1 aliphatic rings. The van der Waals surface area contributed by atoms with E-state index in [0.29, 0.717) is 17.0 Å². The number of amidine groups is 1. The van der Waals surface area contributed by atoms with E-state index in [1.165, 1.54) is 0 Å². The number of likely N-dealkylation sites (tertiary alicyclic amines) is 1. The Balaban J connectivity index is 2.26. The number of pyridine rings is 1. The van der Waals surface area contributed by atoms with Crippen molar-refractivity contribution in [3.05, 3.63) is 23.0 Å². The first-order chi connectivity index (χ1) is 9.51. The van der Waals surface area contributed by atoms with Crippen LogP contribution in [0, 0.1) is 13.8 Å². The lowest BCUT2D eigenvalue weighted by Crippen LogP contribution is -2.36. The van der Waals surface area contributed by atoms with Gasteiger partial charge in [0, 0.05) is 24.8 Å². The minimum atomic E-state index is 0.0397. The van der Waals surface area contributed by atoms with Crippen LogP contribution in [-0.4, -0.2) is 47.2 Å². The van der Waals surface area contributed by atoms with Crippen molar-refractivity contribution in [1.29, 1.82) is 0 Å². The van der Waals surface area contributed by atoms with Gasteiger partial charge in [-0.1, -0.05) is 5.16 Å². The lowest BCUT2D eigenvalue weighted by molar-refractivity contribution is 0.114. The maximum absolute atomic E-state index is 8.92. The lowest BCUT2D eigenvalue weighted by Gasteiger charge is -2.30. The maximum Gasteiger partial charge on any atom is 0.175 e. The van der Waals surface area contributed by atoms with Crippen LogP contribution in [-0.2, 0) is 0 Å². The molecule has 2 heterocycles. The summed E-state index contributed by atoms with van der Waals surface area (Å²) >= 11 is 0. The van der Waals surface area contributed by atoms with E-state index in [4.69, 9.17) is 15.7 Å². The Hall–Kier alpha value is -1.82. The Bertz CT molecular complexity index is 508. The van der Waals surface area contributed by atoms with Crippen molar-refractivity contribution in [2.24, 2.45) is 10.9 Å². The molecule has 1 aliphatic heterocycles. The summed E-state index contributed by atoms with van der Waals surface area (Å²) in [4.78, 5) is 6.63. The smallest absolute Gasteiger partial charge is 0.175 e. The molecule has 0 unspecified atom stereocenters. The summed E-state index contributed by atoms with van der Waals surface area (Å²) in [5.74, 6) is 0.692. The molecule has 6 nitrogen and oxygen atoms in total. The largest absolute Gasteiger partial charge is 0.489 e. The van der Waals surface area contributed by atoms with Crippen molar-refractivity contribution in [3.8, 4) is 5.75 Å². The minimum Gasteiger partial charge on any atom is -0.489 e. The highest BCUT2D eigenvalue weighted by atomic mass is 16.5. The van der Waals surface area contributed by atoms with Crippen LogP contribution < -0.4 is 10.5 Å². The van der Waals surface area contributed by atoms with E-state index in [1.54, 1.807) is 0 Å². The van der Waals surface area contributed by atoms with Gasteiger partial charge >= 0.3 is 0 Å². The van der Waals surface area contributed by atoms with Gasteiger partial charge in [-0.3, -0.25) is 4.98 Å². The van der Waals surface area contributed by atoms with E-state index in [0.717, 1.165) is 31.6 Å². The first-order valence-electron chi connectivity index (χ1n) is 6.82. The number of nitrogens with zero attached hydrogens (tertiary/aromatic N) is 3. The molecule has 0 aromatic carbocycles. The lowest BCUT2D eigenvalue weighted by atomic mass is 10.1. The van der Waals surface area contributed by atoms with E-state index in [-0.39, 0.29) is 11.9 Å². The van der Waals surface area contributed by atoms with Gasteiger partial charge in [-0.15, -0.1) is 0 Å². The predicted molar refractivity (Wildman–Crippen MR) is 77.4 cm³/mol. The van der Waals surface area contributed by atoms with Crippen molar-refractivity contribution >= 4 is 5.84 Å². The Morgan fingerprint density at radius 3 is 2.70 bits per heavy atom. The Kier molecular flexibility index (Phi) is 4.44. The third kappa shape index (κ3) is 3.19. The minimum absolute atomic E-state index is 0.0397. The Morgan fingerprint density at radius 2 is 2.10 bits per heavy atom. The van der Waals surface area contributed by atoms with Gasteiger partial charge in [-0.25, -0.2) is 0 Å². The summed E-state index contributed by atoms with van der Waals surface area (Å²) in [5.41, 5.74) is 7.90. The maximum atomic E-state index is 8.92. The SMILES string of the molecule is Cc1cc(OC2CCN(C)CC2)c(/C(N)=N/O)c(C)n1. The van der Waals surface area contributed by atoms with Gasteiger partial charge < -0.3 is 20.6 Å². The second kappa shape index (κ2) is 6.09. The quantitative estimate of drug-likeness (QED) is 0.376. The van der Waals surface area contributed by atoms with Gasteiger partial charge in [0.05, 0.1) is 11.3 Å². The first kappa shape index (κ1) is 14.6. The highest BCUT2D eigenvalue weighted by Gasteiger charge is 2.21. The van der Waals surface area contributed by atoms with Crippen LogP contribution in [0.15, 0.2) is 11.2 Å². The fraction of sp³-hybridized carbons (Fsp3) is 0.571. The monoisotopic (exact) mass is 278 g/mol. The molecule has 110 valence electrons. The van der Waals surface area contributed by atoms with E-state index < -0.39 is 0 Å². The normalized spacial score (nSPS) is 18.2. The zero-order chi connectivity index (χ0) is 14.7. The van der Waals surface area contributed by atoms with Crippen LogP contribution >= 0.6 is 0 Å². The standard InChI is InChI=1S/C14H22N4O2/c1-9-8-12(13(10(2)16-9)14(15)17-19)20-11-4-6-18(3)7-5-11/h8,11,19H,4-7H2,1-3H3,(H2,15,17). The molecule has 1 aromatic rings. The summed E-state index contributed by atoms with van der Waals surface area (Å²) < 4.78 is 6.08. The summed E-state index contributed by atoms with van der Waals surface area (Å²) in [6.07, 6.45) is 2.12. The molecular weight excluding hydrogens is 256 g/mol. The third-order valence-electron chi connectivity index (χ3n) is 3.62. The fourth-order valence-electron chi connectivity index (χ4n) is 2.53. The number of aryl methyl sites for hydroxylation is 2. The van der Waals surface area contributed by atoms with Gasteiger partial charge in [0.25, 0.3) is 0 Å². The highest BCUT2D eigenvalue weighted by molar-refractivity contribution is 6.00. The van der Waals surface area contributed by atoms with Crippen molar-refractivity contribution in [2.45, 2.75) is 32.8 Å². The zero-order valence-corrected chi connectivity index (χ0v) is 12.3. The second-order valence-electron chi connectivity index (χ2n) is 5.33. The molecule has 0 amide bonds. The topological polar surface area (TPSA) is 84.0 Å². The van der Waals surface area contributed by atoms with E-state index in [9.17, 15) is 0 Å². The summed E-state index contributed by atoms with van der Waals surface area (Å²) in [6.45, 7) is 5.78. The van der Waals surface area contributed by atoms with Gasteiger partial charge in [0.15, 0.2) is 5.84 Å². The van der Waals surface area contributed by atoms with E-state index >= 15 is 0 Å². The summed E-state index contributed by atoms with van der Waals surface area (Å²) in [5, 5.41) is 12.0. The first-order valence-corrected chi connectivity index (χ1v) is 6.82. The zero-order valence-electron chi connectivity index (χ0n) is 12.3. The van der Waals surface area contributed by atoms with Crippen LogP contribution in [0.3, 0.4) is 0 Å². The van der Waals surface area contributed by atoms with Gasteiger partial charge in [-0.2, -0.15) is 0 Å². The number of oxime groups is 1. The molecular formula is C14H22N4O2. The van der Waals surface area contributed by atoms with E-state index in [1.807, 2.05) is 19.9 Å². The number of rotatable bonds is 3. The molecule has 1 aromatic heterocycles. The van der Waals surface area contributed by atoms with Crippen LogP contribution in [0.2, 0.25) is 0 Å².